The van der Waals surface area contributed by atoms with Crippen LogP contribution in [0, 0.1) is 0 Å². The minimum Gasteiger partial charge on any atom is -0.467 e. The van der Waals surface area contributed by atoms with Gasteiger partial charge in [-0.25, -0.2) is 0 Å². The molecule has 0 saturated carbocycles. The molecule has 1 saturated heterocycles. The first-order chi connectivity index (χ1) is 11.1. The molecule has 1 atom stereocenters. The van der Waals surface area contributed by atoms with E-state index in [4.69, 9.17) is 4.42 Å². The maximum atomic E-state index is 13.0. The van der Waals surface area contributed by atoms with Gasteiger partial charge in [-0.05, 0) is 64.2 Å². The molecule has 0 spiro atoms. The third-order valence-electron chi connectivity index (χ3n) is 4.53. The molecule has 0 aliphatic carbocycles. The van der Waals surface area contributed by atoms with Gasteiger partial charge in [0.15, 0.2) is 0 Å². The van der Waals surface area contributed by atoms with E-state index in [1.54, 1.807) is 18.0 Å². The molecule has 1 aromatic heterocycles. The van der Waals surface area contributed by atoms with Crippen molar-refractivity contribution in [3.63, 3.8) is 0 Å². The van der Waals surface area contributed by atoms with E-state index in [1.165, 1.54) is 12.8 Å². The number of amides is 1. The van der Waals surface area contributed by atoms with Gasteiger partial charge in [-0.2, -0.15) is 0 Å². The van der Waals surface area contributed by atoms with Gasteiger partial charge < -0.3 is 14.2 Å². The van der Waals surface area contributed by atoms with E-state index in [2.05, 4.69) is 23.8 Å². The molecule has 5 heteroatoms. The highest BCUT2D eigenvalue weighted by atomic mass is 32.2. The van der Waals surface area contributed by atoms with E-state index >= 15 is 0 Å². The number of hydrogen-bond donors (Lipinski definition) is 0. The third kappa shape index (κ3) is 5.57. The van der Waals surface area contributed by atoms with Crippen molar-refractivity contribution >= 4 is 17.7 Å². The van der Waals surface area contributed by atoms with Crippen LogP contribution in [-0.4, -0.2) is 52.9 Å². The Balaban J connectivity index is 2.01. The maximum absolute atomic E-state index is 13.0. The number of furan rings is 1. The highest BCUT2D eigenvalue weighted by Gasteiger charge is 2.30. The smallest absolute Gasteiger partial charge is 0.236 e. The SMILES string of the molecule is CCCCSC(C)C(=O)N(Cc1ccco1)C1CCN(C)CC1. The number of thioether (sulfide) groups is 1. The predicted molar refractivity (Wildman–Crippen MR) is 96.6 cm³/mol. The van der Waals surface area contributed by atoms with Gasteiger partial charge >= 0.3 is 0 Å². The van der Waals surface area contributed by atoms with Crippen LogP contribution in [0.3, 0.4) is 0 Å². The zero-order valence-corrected chi connectivity index (χ0v) is 15.5. The van der Waals surface area contributed by atoms with Gasteiger partial charge in [0.1, 0.15) is 5.76 Å². The average Bonchev–Trinajstić information content (AvgIpc) is 3.06. The summed E-state index contributed by atoms with van der Waals surface area (Å²) in [5, 5.41) is 0.0242. The molecule has 0 bridgehead atoms. The molecule has 1 aliphatic heterocycles. The van der Waals surface area contributed by atoms with Gasteiger partial charge in [-0.15, -0.1) is 11.8 Å². The van der Waals surface area contributed by atoms with Crippen molar-refractivity contribution in [3.05, 3.63) is 24.2 Å². The quantitative estimate of drug-likeness (QED) is 0.678. The number of likely N-dealkylation sites (tertiary alicyclic amines) is 1. The summed E-state index contributed by atoms with van der Waals surface area (Å²) in [7, 11) is 2.15. The molecule has 4 nitrogen and oxygen atoms in total. The van der Waals surface area contributed by atoms with Crippen LogP contribution >= 0.6 is 11.8 Å². The first-order valence-corrected chi connectivity index (χ1v) is 9.79. The molecular formula is C18H30N2O2S. The van der Waals surface area contributed by atoms with Crippen LogP contribution in [0.25, 0.3) is 0 Å². The summed E-state index contributed by atoms with van der Waals surface area (Å²) in [6, 6.07) is 4.19. The Morgan fingerprint density at radius 2 is 2.22 bits per heavy atom. The molecule has 0 N–H and O–H groups in total. The van der Waals surface area contributed by atoms with Crippen LogP contribution in [-0.2, 0) is 11.3 Å². The van der Waals surface area contributed by atoms with E-state index in [0.29, 0.717) is 12.6 Å². The standard InChI is InChI=1S/C18H30N2O2S/c1-4-5-13-23-15(2)18(21)20(14-17-7-6-12-22-17)16-8-10-19(3)11-9-16/h6-7,12,15-16H,4-5,8-11,13-14H2,1-3H3. The Hall–Kier alpha value is -0.940. The number of piperidine rings is 1. The Morgan fingerprint density at radius 3 is 2.83 bits per heavy atom. The summed E-state index contributed by atoms with van der Waals surface area (Å²) in [6.45, 7) is 6.95. The number of nitrogens with zero attached hydrogens (tertiary/aromatic N) is 2. The normalized spacial score (nSPS) is 18.0. The molecule has 1 amide bonds. The summed E-state index contributed by atoms with van der Waals surface area (Å²) >= 11 is 1.78. The molecule has 1 aromatic rings. The van der Waals surface area contributed by atoms with Crippen LogP contribution < -0.4 is 0 Å². The van der Waals surface area contributed by atoms with Crippen LogP contribution in [0.2, 0.25) is 0 Å². The number of carbonyl (C=O) groups is 1. The van der Waals surface area contributed by atoms with Gasteiger partial charge in [-0.1, -0.05) is 13.3 Å². The van der Waals surface area contributed by atoms with Crippen molar-refractivity contribution in [3.8, 4) is 0 Å². The second-order valence-corrected chi connectivity index (χ2v) is 7.90. The Kier molecular flexibility index (Phi) is 7.50. The fraction of sp³-hybridized carbons (Fsp3) is 0.722. The number of carbonyl (C=O) groups excluding carboxylic acids is 1. The number of rotatable bonds is 8. The topological polar surface area (TPSA) is 36.7 Å². The zero-order chi connectivity index (χ0) is 16.7. The fourth-order valence-corrected chi connectivity index (χ4v) is 4.06. The Bertz CT molecular complexity index is 456. The van der Waals surface area contributed by atoms with Gasteiger partial charge in [0.2, 0.25) is 5.91 Å². The summed E-state index contributed by atoms with van der Waals surface area (Å²) in [6.07, 6.45) is 6.14. The summed E-state index contributed by atoms with van der Waals surface area (Å²) in [5.41, 5.74) is 0. The maximum Gasteiger partial charge on any atom is 0.236 e. The van der Waals surface area contributed by atoms with E-state index in [9.17, 15) is 4.79 Å². The Labute approximate surface area is 144 Å². The average molecular weight is 339 g/mol. The monoisotopic (exact) mass is 338 g/mol. The third-order valence-corrected chi connectivity index (χ3v) is 5.76. The predicted octanol–water partition coefficient (Wildman–Crippen LogP) is 3.62. The van der Waals surface area contributed by atoms with Crippen molar-refractivity contribution in [1.29, 1.82) is 0 Å². The molecule has 1 fully saturated rings. The van der Waals surface area contributed by atoms with Gasteiger partial charge in [-0.3, -0.25) is 4.79 Å². The van der Waals surface area contributed by atoms with E-state index < -0.39 is 0 Å². The molecule has 2 heterocycles. The molecule has 1 unspecified atom stereocenters. The van der Waals surface area contributed by atoms with Gasteiger partial charge in [0.05, 0.1) is 18.1 Å². The lowest BCUT2D eigenvalue weighted by Crippen LogP contribution is -2.48. The second kappa shape index (κ2) is 9.38. The zero-order valence-electron chi connectivity index (χ0n) is 14.7. The highest BCUT2D eigenvalue weighted by molar-refractivity contribution is 8.00. The van der Waals surface area contributed by atoms with Crippen molar-refractivity contribution in [1.82, 2.24) is 9.80 Å². The largest absolute Gasteiger partial charge is 0.467 e. The lowest BCUT2D eigenvalue weighted by molar-refractivity contribution is -0.134. The number of hydrogen-bond acceptors (Lipinski definition) is 4. The summed E-state index contributed by atoms with van der Waals surface area (Å²) < 4.78 is 5.49. The van der Waals surface area contributed by atoms with E-state index in [-0.39, 0.29) is 11.2 Å². The lowest BCUT2D eigenvalue weighted by Gasteiger charge is -2.38. The van der Waals surface area contributed by atoms with Gasteiger partial charge in [0.25, 0.3) is 0 Å². The van der Waals surface area contributed by atoms with Crippen molar-refractivity contribution in [2.75, 3.05) is 25.9 Å². The van der Waals surface area contributed by atoms with Crippen LogP contribution in [0.15, 0.2) is 22.8 Å². The molecule has 2 rings (SSSR count). The lowest BCUT2D eigenvalue weighted by atomic mass is 10.0. The molecule has 23 heavy (non-hydrogen) atoms. The fourth-order valence-electron chi connectivity index (χ4n) is 2.97. The first-order valence-electron chi connectivity index (χ1n) is 8.74. The number of unbranched alkanes of at least 4 members (excludes halogenated alkanes) is 1. The molecule has 1 aliphatic rings. The van der Waals surface area contributed by atoms with E-state index in [0.717, 1.165) is 37.4 Å². The van der Waals surface area contributed by atoms with E-state index in [1.807, 2.05) is 19.1 Å². The highest BCUT2D eigenvalue weighted by Crippen LogP contribution is 2.23. The molecule has 0 radical (unpaired) electrons. The van der Waals surface area contributed by atoms with Crippen molar-refractivity contribution in [2.45, 2.75) is 57.4 Å². The van der Waals surface area contributed by atoms with Crippen molar-refractivity contribution in [2.24, 2.45) is 0 Å². The molecule has 130 valence electrons. The van der Waals surface area contributed by atoms with Crippen LogP contribution in [0.4, 0.5) is 0 Å². The minimum absolute atomic E-state index is 0.0242. The van der Waals surface area contributed by atoms with Crippen LogP contribution in [0.5, 0.6) is 0 Å². The second-order valence-electron chi connectivity index (χ2n) is 6.45. The van der Waals surface area contributed by atoms with Crippen LogP contribution in [0.1, 0.15) is 45.3 Å². The molecular weight excluding hydrogens is 308 g/mol. The van der Waals surface area contributed by atoms with Gasteiger partial charge in [0, 0.05) is 6.04 Å². The van der Waals surface area contributed by atoms with Crippen molar-refractivity contribution < 1.29 is 9.21 Å². The summed E-state index contributed by atoms with van der Waals surface area (Å²) in [4.78, 5) is 17.4. The summed E-state index contributed by atoms with van der Waals surface area (Å²) in [5.74, 6) is 2.20. The molecule has 0 aromatic carbocycles. The first kappa shape index (κ1) is 18.4. The Morgan fingerprint density at radius 1 is 1.48 bits per heavy atom. The minimum atomic E-state index is 0.0242.